The van der Waals surface area contributed by atoms with Gasteiger partial charge < -0.3 is 0 Å². The van der Waals surface area contributed by atoms with E-state index in [4.69, 9.17) is 0 Å². The lowest BCUT2D eigenvalue weighted by Crippen LogP contribution is -2.64. The molecule has 1 aliphatic heterocycles. The number of hydrogen-bond donors (Lipinski definition) is 2. The Morgan fingerprint density at radius 3 is 2.25 bits per heavy atom. The highest BCUT2D eigenvalue weighted by atomic mass is 16.2. The molecule has 5 nitrogen and oxygen atoms in total. The molecule has 1 aromatic carbocycles. The molecule has 104 valence electrons. The van der Waals surface area contributed by atoms with Crippen LogP contribution in [0.2, 0.25) is 0 Å². The Labute approximate surface area is 116 Å². The predicted molar refractivity (Wildman–Crippen MR) is 71.8 cm³/mol. The van der Waals surface area contributed by atoms with Crippen LogP contribution in [0.5, 0.6) is 0 Å². The number of nitrogens with one attached hydrogen (secondary N) is 2. The summed E-state index contributed by atoms with van der Waals surface area (Å²) in [6, 6.07) is 8.87. The summed E-state index contributed by atoms with van der Waals surface area (Å²) in [5, 5.41) is 4.52. The highest BCUT2D eigenvalue weighted by Crippen LogP contribution is 2.48. The highest BCUT2D eigenvalue weighted by molar-refractivity contribution is 6.19. The van der Waals surface area contributed by atoms with Crippen molar-refractivity contribution < 1.29 is 14.4 Å². The molecule has 0 aromatic heterocycles. The number of barbiturate groups is 1. The lowest BCUT2D eigenvalue weighted by atomic mass is 9.62. The van der Waals surface area contributed by atoms with Crippen molar-refractivity contribution in [2.24, 2.45) is 5.41 Å². The Balaban J connectivity index is 2.06. The van der Waals surface area contributed by atoms with Crippen LogP contribution in [0.3, 0.4) is 0 Å². The molecule has 1 aromatic rings. The standard InChI is InChI=1S/C15H16N2O3/c18-12-15(13(19)17-14(20)16-12)9-5-4-8-11(15)10-6-2-1-3-7-10/h1-3,6-7,11H,4-5,8-9H2,(H2,16,17,18,19,20). The third-order valence-electron chi connectivity index (χ3n) is 4.38. The Morgan fingerprint density at radius 1 is 0.950 bits per heavy atom. The first-order valence-corrected chi connectivity index (χ1v) is 6.86. The average Bonchev–Trinajstić information content (AvgIpc) is 2.46. The van der Waals surface area contributed by atoms with Crippen LogP contribution in [0.15, 0.2) is 30.3 Å². The number of rotatable bonds is 1. The van der Waals surface area contributed by atoms with E-state index in [0.29, 0.717) is 6.42 Å². The van der Waals surface area contributed by atoms with Gasteiger partial charge in [-0.2, -0.15) is 0 Å². The van der Waals surface area contributed by atoms with Crippen molar-refractivity contribution in [1.82, 2.24) is 10.6 Å². The van der Waals surface area contributed by atoms with E-state index in [0.717, 1.165) is 24.8 Å². The van der Waals surface area contributed by atoms with Crippen LogP contribution in [0, 0.1) is 5.41 Å². The van der Waals surface area contributed by atoms with Gasteiger partial charge in [0, 0.05) is 5.92 Å². The zero-order chi connectivity index (χ0) is 14.2. The second-order valence-corrected chi connectivity index (χ2v) is 5.42. The molecule has 1 heterocycles. The van der Waals surface area contributed by atoms with Crippen molar-refractivity contribution in [1.29, 1.82) is 0 Å². The van der Waals surface area contributed by atoms with Crippen LogP contribution in [0.4, 0.5) is 4.79 Å². The first-order valence-electron chi connectivity index (χ1n) is 6.86. The van der Waals surface area contributed by atoms with Crippen LogP contribution in [0.25, 0.3) is 0 Å². The molecule has 1 saturated heterocycles. The minimum Gasteiger partial charge on any atom is -0.277 e. The number of carbonyl (C=O) groups is 3. The zero-order valence-electron chi connectivity index (χ0n) is 11.0. The molecule has 2 aliphatic rings. The summed E-state index contributed by atoms with van der Waals surface area (Å²) in [6.45, 7) is 0. The van der Waals surface area contributed by atoms with Gasteiger partial charge in [0.15, 0.2) is 0 Å². The molecule has 0 radical (unpaired) electrons. The summed E-state index contributed by atoms with van der Waals surface area (Å²) >= 11 is 0. The van der Waals surface area contributed by atoms with E-state index in [1.165, 1.54) is 0 Å². The fourth-order valence-corrected chi connectivity index (χ4v) is 3.42. The normalized spacial score (nSPS) is 25.2. The maximum atomic E-state index is 12.4. The number of benzene rings is 1. The summed E-state index contributed by atoms with van der Waals surface area (Å²) in [7, 11) is 0. The molecule has 1 atom stereocenters. The average molecular weight is 272 g/mol. The fourth-order valence-electron chi connectivity index (χ4n) is 3.42. The molecule has 3 rings (SSSR count). The molecule has 20 heavy (non-hydrogen) atoms. The molecular formula is C15H16N2O3. The monoisotopic (exact) mass is 272 g/mol. The molecule has 1 spiro atoms. The van der Waals surface area contributed by atoms with Crippen LogP contribution >= 0.6 is 0 Å². The van der Waals surface area contributed by atoms with Gasteiger partial charge in [-0.3, -0.25) is 20.2 Å². The lowest BCUT2D eigenvalue weighted by Gasteiger charge is -2.43. The Morgan fingerprint density at radius 2 is 1.60 bits per heavy atom. The second-order valence-electron chi connectivity index (χ2n) is 5.42. The van der Waals surface area contributed by atoms with E-state index < -0.39 is 23.3 Å². The number of carbonyl (C=O) groups excluding carboxylic acids is 3. The van der Waals surface area contributed by atoms with Gasteiger partial charge in [-0.1, -0.05) is 43.2 Å². The summed E-state index contributed by atoms with van der Waals surface area (Å²) in [5.74, 6) is -1.09. The molecule has 4 amide bonds. The van der Waals surface area contributed by atoms with Gasteiger partial charge in [0.05, 0.1) is 0 Å². The van der Waals surface area contributed by atoms with E-state index in [-0.39, 0.29) is 5.92 Å². The fraction of sp³-hybridized carbons (Fsp3) is 0.400. The van der Waals surface area contributed by atoms with Gasteiger partial charge in [0.2, 0.25) is 11.8 Å². The number of hydrogen-bond acceptors (Lipinski definition) is 3. The van der Waals surface area contributed by atoms with E-state index >= 15 is 0 Å². The number of amides is 4. The first kappa shape index (κ1) is 12.8. The summed E-state index contributed by atoms with van der Waals surface area (Å²) < 4.78 is 0. The highest BCUT2D eigenvalue weighted by Gasteiger charge is 2.56. The van der Waals surface area contributed by atoms with Crippen LogP contribution < -0.4 is 10.6 Å². The Bertz CT molecular complexity index is 548. The largest absolute Gasteiger partial charge is 0.328 e. The minimum absolute atomic E-state index is 0.175. The van der Waals surface area contributed by atoms with Crippen LogP contribution in [0.1, 0.15) is 37.2 Å². The summed E-state index contributed by atoms with van der Waals surface area (Å²) in [4.78, 5) is 36.1. The molecule has 5 heteroatoms. The van der Waals surface area contributed by atoms with Gasteiger partial charge in [-0.25, -0.2) is 4.79 Å². The van der Waals surface area contributed by atoms with Crippen molar-refractivity contribution in [3.63, 3.8) is 0 Å². The second kappa shape index (κ2) is 4.74. The van der Waals surface area contributed by atoms with Gasteiger partial charge in [-0.15, -0.1) is 0 Å². The van der Waals surface area contributed by atoms with Gasteiger partial charge in [-0.05, 0) is 18.4 Å². The van der Waals surface area contributed by atoms with Crippen molar-refractivity contribution in [3.05, 3.63) is 35.9 Å². The van der Waals surface area contributed by atoms with Crippen molar-refractivity contribution in [2.45, 2.75) is 31.6 Å². The number of imide groups is 2. The first-order chi connectivity index (χ1) is 9.64. The predicted octanol–water partition coefficient (Wildman–Crippen LogP) is 1.70. The molecule has 1 aliphatic carbocycles. The van der Waals surface area contributed by atoms with Crippen LogP contribution in [-0.2, 0) is 9.59 Å². The Kier molecular flexibility index (Phi) is 3.04. The van der Waals surface area contributed by atoms with E-state index in [2.05, 4.69) is 10.6 Å². The summed E-state index contributed by atoms with van der Waals surface area (Å²) in [5.41, 5.74) is -0.167. The molecule has 2 N–H and O–H groups in total. The summed E-state index contributed by atoms with van der Waals surface area (Å²) in [6.07, 6.45) is 3.06. The third-order valence-corrected chi connectivity index (χ3v) is 4.38. The maximum Gasteiger partial charge on any atom is 0.328 e. The minimum atomic E-state index is -1.15. The zero-order valence-corrected chi connectivity index (χ0v) is 11.0. The molecule has 0 bridgehead atoms. The Hall–Kier alpha value is -2.17. The van der Waals surface area contributed by atoms with Crippen molar-refractivity contribution in [2.75, 3.05) is 0 Å². The van der Waals surface area contributed by atoms with E-state index in [1.807, 2.05) is 30.3 Å². The lowest BCUT2D eigenvalue weighted by molar-refractivity contribution is -0.148. The van der Waals surface area contributed by atoms with Gasteiger partial charge in [0.25, 0.3) is 0 Å². The van der Waals surface area contributed by atoms with E-state index in [1.54, 1.807) is 0 Å². The van der Waals surface area contributed by atoms with E-state index in [9.17, 15) is 14.4 Å². The van der Waals surface area contributed by atoms with Gasteiger partial charge >= 0.3 is 6.03 Å². The van der Waals surface area contributed by atoms with Crippen LogP contribution in [-0.4, -0.2) is 17.8 Å². The third kappa shape index (κ3) is 1.81. The molecule has 2 fully saturated rings. The topological polar surface area (TPSA) is 75.3 Å². The molecule has 1 unspecified atom stereocenters. The number of urea groups is 1. The molecule has 1 saturated carbocycles. The maximum absolute atomic E-state index is 12.4. The van der Waals surface area contributed by atoms with Crippen molar-refractivity contribution in [3.8, 4) is 0 Å². The molecular weight excluding hydrogens is 256 g/mol. The quantitative estimate of drug-likeness (QED) is 0.764. The smallest absolute Gasteiger partial charge is 0.277 e. The SMILES string of the molecule is O=C1NC(=O)C2(CCCCC2c2ccccc2)C(=O)N1. The van der Waals surface area contributed by atoms with Gasteiger partial charge in [0.1, 0.15) is 5.41 Å². The van der Waals surface area contributed by atoms with Crippen molar-refractivity contribution >= 4 is 17.8 Å².